The summed E-state index contributed by atoms with van der Waals surface area (Å²) in [5.41, 5.74) is 4.54. The smallest absolute Gasteiger partial charge is 0.203 e. The summed E-state index contributed by atoms with van der Waals surface area (Å²) in [7, 11) is 4.84. The van der Waals surface area contributed by atoms with E-state index < -0.39 is 0 Å². The van der Waals surface area contributed by atoms with E-state index in [9.17, 15) is 0 Å². The zero-order chi connectivity index (χ0) is 15.7. The van der Waals surface area contributed by atoms with Gasteiger partial charge in [0.25, 0.3) is 0 Å². The molecule has 2 aromatic carbocycles. The van der Waals surface area contributed by atoms with Gasteiger partial charge >= 0.3 is 0 Å². The molecule has 0 aromatic heterocycles. The van der Waals surface area contributed by atoms with Gasteiger partial charge in [-0.1, -0.05) is 29.8 Å². The third-order valence-electron chi connectivity index (χ3n) is 3.81. The number of aliphatic imine (C=N–C) groups is 1. The van der Waals surface area contributed by atoms with Crippen LogP contribution in [0, 0.1) is 6.92 Å². The van der Waals surface area contributed by atoms with E-state index in [1.807, 2.05) is 12.1 Å². The van der Waals surface area contributed by atoms with Crippen molar-refractivity contribution in [2.24, 2.45) is 4.99 Å². The first-order chi connectivity index (χ1) is 10.7. The Labute approximate surface area is 130 Å². The summed E-state index contributed by atoms with van der Waals surface area (Å²) in [5.74, 6) is 1.91. The number of nitrogens with zero attached hydrogens (tertiary/aromatic N) is 1. The Kier molecular flexibility index (Phi) is 3.75. The van der Waals surface area contributed by atoms with Gasteiger partial charge < -0.3 is 14.2 Å². The minimum absolute atomic E-state index is 0.0661. The lowest BCUT2D eigenvalue weighted by atomic mass is 10.0. The van der Waals surface area contributed by atoms with Gasteiger partial charge in [0, 0.05) is 0 Å². The summed E-state index contributed by atoms with van der Waals surface area (Å²) < 4.78 is 16.1. The van der Waals surface area contributed by atoms with Crippen molar-refractivity contribution in [3.8, 4) is 17.2 Å². The molecular weight excluding hydrogens is 278 g/mol. The van der Waals surface area contributed by atoms with Crippen LogP contribution in [0.4, 0.5) is 0 Å². The normalized spacial score (nSPS) is 16.0. The molecule has 0 bridgehead atoms. The third-order valence-corrected chi connectivity index (χ3v) is 3.81. The average Bonchev–Trinajstić information content (AvgIpc) is 3.34. The van der Waals surface area contributed by atoms with E-state index in [4.69, 9.17) is 14.2 Å². The fourth-order valence-corrected chi connectivity index (χ4v) is 2.55. The van der Waals surface area contributed by atoms with Crippen molar-refractivity contribution in [1.29, 1.82) is 0 Å². The van der Waals surface area contributed by atoms with Crippen molar-refractivity contribution in [2.75, 3.05) is 21.3 Å². The van der Waals surface area contributed by atoms with Crippen LogP contribution in [0.2, 0.25) is 0 Å². The van der Waals surface area contributed by atoms with Crippen LogP contribution in [0.15, 0.2) is 41.4 Å². The Bertz CT molecular complexity index is 695. The molecule has 2 aromatic rings. The van der Waals surface area contributed by atoms with Crippen LogP contribution in [-0.2, 0) is 0 Å². The molecule has 0 N–H and O–H groups in total. The number of aryl methyl sites for hydroxylation is 1. The molecule has 1 unspecified atom stereocenters. The van der Waals surface area contributed by atoms with Crippen LogP contribution < -0.4 is 14.2 Å². The van der Waals surface area contributed by atoms with Gasteiger partial charge in [-0.15, -0.1) is 0 Å². The maximum Gasteiger partial charge on any atom is 0.203 e. The number of ether oxygens (including phenoxy) is 3. The van der Waals surface area contributed by atoms with Crippen LogP contribution in [-0.4, -0.2) is 27.0 Å². The molecule has 0 saturated carbocycles. The molecule has 0 saturated heterocycles. The van der Waals surface area contributed by atoms with Crippen molar-refractivity contribution >= 4 is 5.71 Å². The molecule has 4 heteroatoms. The quantitative estimate of drug-likeness (QED) is 0.847. The van der Waals surface area contributed by atoms with Crippen LogP contribution >= 0.6 is 0 Å². The van der Waals surface area contributed by atoms with E-state index in [-0.39, 0.29) is 6.04 Å². The second-order valence-corrected chi connectivity index (χ2v) is 5.24. The third kappa shape index (κ3) is 2.52. The summed E-state index contributed by atoms with van der Waals surface area (Å²) >= 11 is 0. The maximum atomic E-state index is 5.40. The lowest BCUT2D eigenvalue weighted by Crippen LogP contribution is -1.99. The topological polar surface area (TPSA) is 40.0 Å². The second-order valence-electron chi connectivity index (χ2n) is 5.24. The predicted octanol–water partition coefficient (Wildman–Crippen LogP) is 3.56. The molecule has 1 aliphatic heterocycles. The molecular formula is C18H19NO3. The molecule has 0 radical (unpaired) electrons. The Morgan fingerprint density at radius 1 is 0.864 bits per heavy atom. The molecule has 114 valence electrons. The molecule has 0 aliphatic carbocycles. The van der Waals surface area contributed by atoms with Gasteiger partial charge in [0.15, 0.2) is 11.5 Å². The fourth-order valence-electron chi connectivity index (χ4n) is 2.55. The molecule has 1 aliphatic rings. The van der Waals surface area contributed by atoms with Gasteiger partial charge in [0.1, 0.15) is 6.04 Å². The molecule has 0 amide bonds. The van der Waals surface area contributed by atoms with Gasteiger partial charge in [-0.2, -0.15) is 0 Å². The molecule has 0 fully saturated rings. The van der Waals surface area contributed by atoms with E-state index in [0.717, 1.165) is 16.8 Å². The van der Waals surface area contributed by atoms with E-state index in [2.05, 4.69) is 36.2 Å². The van der Waals surface area contributed by atoms with E-state index in [1.165, 1.54) is 5.56 Å². The average molecular weight is 297 g/mol. The highest BCUT2D eigenvalue weighted by Gasteiger charge is 2.32. The number of methoxy groups -OCH3 is 3. The summed E-state index contributed by atoms with van der Waals surface area (Å²) in [6, 6.07) is 12.4. The fraction of sp³-hybridized carbons (Fsp3) is 0.278. The minimum atomic E-state index is 0.0661. The minimum Gasteiger partial charge on any atom is -0.493 e. The summed E-state index contributed by atoms with van der Waals surface area (Å²) in [4.78, 5) is 4.60. The first kappa shape index (κ1) is 14.4. The van der Waals surface area contributed by atoms with Crippen LogP contribution in [0.3, 0.4) is 0 Å². The van der Waals surface area contributed by atoms with Crippen LogP contribution in [0.25, 0.3) is 0 Å². The predicted molar refractivity (Wildman–Crippen MR) is 86.6 cm³/mol. The Morgan fingerprint density at radius 2 is 1.45 bits per heavy atom. The second kappa shape index (κ2) is 5.72. The zero-order valence-electron chi connectivity index (χ0n) is 13.2. The summed E-state index contributed by atoms with van der Waals surface area (Å²) in [5, 5.41) is 0. The van der Waals surface area contributed by atoms with Gasteiger partial charge in [-0.3, -0.25) is 4.99 Å². The maximum absolute atomic E-state index is 5.40. The standard InChI is InChI=1S/C18H19NO3/c1-11-5-7-12(8-6-11)16-17(19-16)13-9-14(20-2)18(22-4)15(10-13)21-3/h5-10,17H,1-4H3. The zero-order valence-corrected chi connectivity index (χ0v) is 13.2. The van der Waals surface area contributed by atoms with E-state index in [0.29, 0.717) is 17.2 Å². The van der Waals surface area contributed by atoms with Crippen molar-refractivity contribution in [1.82, 2.24) is 0 Å². The Balaban J connectivity index is 1.89. The van der Waals surface area contributed by atoms with Crippen LogP contribution in [0.1, 0.15) is 22.7 Å². The molecule has 1 heterocycles. The molecule has 0 spiro atoms. The van der Waals surface area contributed by atoms with Crippen molar-refractivity contribution in [3.63, 3.8) is 0 Å². The molecule has 1 atom stereocenters. The molecule has 22 heavy (non-hydrogen) atoms. The van der Waals surface area contributed by atoms with Gasteiger partial charge in [-0.25, -0.2) is 0 Å². The van der Waals surface area contributed by atoms with Gasteiger partial charge in [-0.05, 0) is 30.2 Å². The molecule has 3 rings (SSSR count). The highest BCUT2D eigenvalue weighted by molar-refractivity contribution is 6.13. The SMILES string of the molecule is COc1cc(C2N=C2c2ccc(C)cc2)cc(OC)c1OC. The van der Waals surface area contributed by atoms with Crippen molar-refractivity contribution in [3.05, 3.63) is 53.1 Å². The van der Waals surface area contributed by atoms with E-state index >= 15 is 0 Å². The van der Waals surface area contributed by atoms with Crippen molar-refractivity contribution < 1.29 is 14.2 Å². The monoisotopic (exact) mass is 297 g/mol. The first-order valence-corrected chi connectivity index (χ1v) is 7.12. The number of rotatable bonds is 5. The summed E-state index contributed by atoms with van der Waals surface area (Å²) in [6.45, 7) is 2.08. The number of hydrogen-bond donors (Lipinski definition) is 0. The highest BCUT2D eigenvalue weighted by atomic mass is 16.5. The van der Waals surface area contributed by atoms with E-state index in [1.54, 1.807) is 21.3 Å². The Hall–Kier alpha value is -2.49. The van der Waals surface area contributed by atoms with Gasteiger partial charge in [0.05, 0.1) is 27.0 Å². The Morgan fingerprint density at radius 3 is 1.95 bits per heavy atom. The number of benzene rings is 2. The highest BCUT2D eigenvalue weighted by Crippen LogP contribution is 2.44. The molecule has 4 nitrogen and oxygen atoms in total. The van der Waals surface area contributed by atoms with Gasteiger partial charge in [0.2, 0.25) is 5.75 Å². The van der Waals surface area contributed by atoms with Crippen molar-refractivity contribution in [2.45, 2.75) is 13.0 Å². The summed E-state index contributed by atoms with van der Waals surface area (Å²) in [6.07, 6.45) is 0. The number of hydrogen-bond acceptors (Lipinski definition) is 4. The largest absolute Gasteiger partial charge is 0.493 e. The lowest BCUT2D eigenvalue weighted by molar-refractivity contribution is 0.324. The first-order valence-electron chi connectivity index (χ1n) is 7.12. The lowest BCUT2D eigenvalue weighted by Gasteiger charge is -2.13. The van der Waals surface area contributed by atoms with Crippen LogP contribution in [0.5, 0.6) is 17.2 Å².